The highest BCUT2D eigenvalue weighted by molar-refractivity contribution is 5.70. The van der Waals surface area contributed by atoms with Crippen LogP contribution in [0.15, 0.2) is 18.2 Å². The summed E-state index contributed by atoms with van der Waals surface area (Å²) in [5.41, 5.74) is 8.77. The van der Waals surface area contributed by atoms with E-state index in [0.717, 1.165) is 29.7 Å². The van der Waals surface area contributed by atoms with E-state index in [1.54, 1.807) is 0 Å². The lowest BCUT2D eigenvalue weighted by atomic mass is 10.0. The Morgan fingerprint density at radius 3 is 2.88 bits per heavy atom. The van der Waals surface area contributed by atoms with Gasteiger partial charge in [0.25, 0.3) is 0 Å². The van der Waals surface area contributed by atoms with Crippen LogP contribution in [-0.4, -0.2) is 12.6 Å². The summed E-state index contributed by atoms with van der Waals surface area (Å²) in [6.07, 6.45) is 3.10. The number of carbonyl (C=O) groups excluding carboxylic acids is 1. The Kier molecular flexibility index (Phi) is 5.53. The Labute approximate surface area is 103 Å². The van der Waals surface area contributed by atoms with Gasteiger partial charge in [-0.1, -0.05) is 25.5 Å². The number of ether oxygens (including phenoxy) is 1. The monoisotopic (exact) mass is 235 g/mol. The van der Waals surface area contributed by atoms with Gasteiger partial charge in [0.05, 0.1) is 6.61 Å². The van der Waals surface area contributed by atoms with Crippen LogP contribution in [0.5, 0.6) is 0 Å². The minimum absolute atomic E-state index is 0.125. The van der Waals surface area contributed by atoms with Crippen LogP contribution in [0.1, 0.15) is 37.3 Å². The smallest absolute Gasteiger partial charge is 0.306 e. The van der Waals surface area contributed by atoms with Crippen LogP contribution in [0.25, 0.3) is 0 Å². The molecule has 94 valence electrons. The largest absolute Gasteiger partial charge is 0.466 e. The van der Waals surface area contributed by atoms with Crippen LogP contribution in [0.2, 0.25) is 0 Å². The number of hydrogen-bond acceptors (Lipinski definition) is 3. The second-order valence-corrected chi connectivity index (χ2v) is 4.21. The molecule has 1 aromatic carbocycles. The Morgan fingerprint density at radius 2 is 2.18 bits per heavy atom. The molecule has 0 saturated carbocycles. The minimum Gasteiger partial charge on any atom is -0.466 e. The summed E-state index contributed by atoms with van der Waals surface area (Å²) >= 11 is 0. The third kappa shape index (κ3) is 4.47. The molecule has 0 saturated heterocycles. The topological polar surface area (TPSA) is 52.3 Å². The molecular weight excluding hydrogens is 214 g/mol. The van der Waals surface area contributed by atoms with Crippen LogP contribution in [0, 0.1) is 6.92 Å². The number of benzene rings is 1. The molecule has 3 heteroatoms. The van der Waals surface area contributed by atoms with Gasteiger partial charge in [0, 0.05) is 12.1 Å². The van der Waals surface area contributed by atoms with Crippen molar-refractivity contribution in [2.75, 3.05) is 12.3 Å². The van der Waals surface area contributed by atoms with Gasteiger partial charge in [-0.15, -0.1) is 0 Å². The third-order valence-corrected chi connectivity index (χ3v) is 2.85. The van der Waals surface area contributed by atoms with Crippen LogP contribution in [-0.2, 0) is 16.0 Å². The van der Waals surface area contributed by atoms with Crippen molar-refractivity contribution >= 4 is 11.7 Å². The molecule has 2 N–H and O–H groups in total. The molecular formula is C14H21NO2. The molecule has 0 unspecified atom stereocenters. The van der Waals surface area contributed by atoms with Crippen LogP contribution in [0.3, 0.4) is 0 Å². The molecule has 0 bridgehead atoms. The molecule has 17 heavy (non-hydrogen) atoms. The maximum atomic E-state index is 11.4. The van der Waals surface area contributed by atoms with E-state index in [1.165, 1.54) is 0 Å². The van der Waals surface area contributed by atoms with Crippen molar-refractivity contribution in [3.05, 3.63) is 29.3 Å². The Morgan fingerprint density at radius 1 is 1.41 bits per heavy atom. The van der Waals surface area contributed by atoms with Gasteiger partial charge < -0.3 is 10.5 Å². The highest BCUT2D eigenvalue weighted by atomic mass is 16.5. The van der Waals surface area contributed by atoms with E-state index in [9.17, 15) is 4.79 Å². The highest BCUT2D eigenvalue weighted by Gasteiger charge is 2.06. The lowest BCUT2D eigenvalue weighted by Gasteiger charge is -2.08. The highest BCUT2D eigenvalue weighted by Crippen LogP contribution is 2.17. The molecule has 0 amide bonds. The number of aryl methyl sites for hydroxylation is 1. The first kappa shape index (κ1) is 13.6. The number of nitrogen functional groups attached to an aromatic ring is 1. The molecule has 0 atom stereocenters. The fraction of sp³-hybridized carbons (Fsp3) is 0.500. The van der Waals surface area contributed by atoms with Gasteiger partial charge in [-0.25, -0.2) is 0 Å². The molecule has 3 nitrogen and oxygen atoms in total. The third-order valence-electron chi connectivity index (χ3n) is 2.85. The standard InChI is InChI=1S/C14H21NO2/c1-3-4-10-17-14(16)9-8-12-6-5-7-13(15)11(12)2/h5-7H,3-4,8-10,15H2,1-2H3. The average molecular weight is 235 g/mol. The predicted octanol–water partition coefficient (Wildman–Crippen LogP) is 2.85. The molecule has 0 aliphatic carbocycles. The Hall–Kier alpha value is -1.51. The molecule has 0 spiro atoms. The van der Waals surface area contributed by atoms with Gasteiger partial charge in [-0.2, -0.15) is 0 Å². The minimum atomic E-state index is -0.125. The van der Waals surface area contributed by atoms with Crippen molar-refractivity contribution in [3.63, 3.8) is 0 Å². The van der Waals surface area contributed by atoms with Gasteiger partial charge in [0.1, 0.15) is 0 Å². The fourth-order valence-corrected chi connectivity index (χ4v) is 1.61. The predicted molar refractivity (Wildman–Crippen MR) is 69.8 cm³/mol. The van der Waals surface area contributed by atoms with E-state index >= 15 is 0 Å². The van der Waals surface area contributed by atoms with Crippen LogP contribution >= 0.6 is 0 Å². The van der Waals surface area contributed by atoms with Gasteiger partial charge in [0.15, 0.2) is 0 Å². The first-order valence-corrected chi connectivity index (χ1v) is 6.14. The number of carbonyl (C=O) groups is 1. The van der Waals surface area contributed by atoms with Crippen molar-refractivity contribution in [1.29, 1.82) is 0 Å². The van der Waals surface area contributed by atoms with Gasteiger partial charge in [-0.3, -0.25) is 4.79 Å². The number of unbranched alkanes of at least 4 members (excludes halogenated alkanes) is 1. The normalized spacial score (nSPS) is 10.2. The summed E-state index contributed by atoms with van der Waals surface area (Å²) in [6.45, 7) is 4.59. The summed E-state index contributed by atoms with van der Waals surface area (Å²) in [4.78, 5) is 11.4. The van der Waals surface area contributed by atoms with Gasteiger partial charge in [-0.05, 0) is 37.0 Å². The quantitative estimate of drug-likeness (QED) is 0.468. The maximum Gasteiger partial charge on any atom is 0.306 e. The summed E-state index contributed by atoms with van der Waals surface area (Å²) < 4.78 is 5.10. The van der Waals surface area contributed by atoms with Gasteiger partial charge >= 0.3 is 5.97 Å². The summed E-state index contributed by atoms with van der Waals surface area (Å²) in [6, 6.07) is 5.80. The lowest BCUT2D eigenvalue weighted by molar-refractivity contribution is -0.143. The summed E-state index contributed by atoms with van der Waals surface area (Å²) in [5.74, 6) is -0.125. The van der Waals surface area contributed by atoms with Crippen molar-refractivity contribution in [2.45, 2.75) is 39.5 Å². The Bertz CT molecular complexity index is 374. The zero-order chi connectivity index (χ0) is 12.7. The maximum absolute atomic E-state index is 11.4. The van der Waals surface area contributed by atoms with Crippen LogP contribution in [0.4, 0.5) is 5.69 Å². The number of nitrogens with two attached hydrogens (primary N) is 1. The molecule has 0 radical (unpaired) electrons. The van der Waals surface area contributed by atoms with E-state index in [2.05, 4.69) is 6.92 Å². The van der Waals surface area contributed by atoms with E-state index in [4.69, 9.17) is 10.5 Å². The number of esters is 1. The molecule has 1 aromatic rings. The second kappa shape index (κ2) is 6.94. The molecule has 0 aliphatic rings. The van der Waals surface area contributed by atoms with Crippen molar-refractivity contribution in [3.8, 4) is 0 Å². The zero-order valence-corrected chi connectivity index (χ0v) is 10.7. The van der Waals surface area contributed by atoms with Crippen molar-refractivity contribution in [2.24, 2.45) is 0 Å². The molecule has 0 aromatic heterocycles. The zero-order valence-electron chi connectivity index (χ0n) is 10.7. The van der Waals surface area contributed by atoms with Gasteiger partial charge in [0.2, 0.25) is 0 Å². The second-order valence-electron chi connectivity index (χ2n) is 4.21. The molecule has 1 rings (SSSR count). The van der Waals surface area contributed by atoms with Crippen molar-refractivity contribution in [1.82, 2.24) is 0 Å². The number of anilines is 1. The van der Waals surface area contributed by atoms with Crippen LogP contribution < -0.4 is 5.73 Å². The van der Waals surface area contributed by atoms with E-state index in [-0.39, 0.29) is 5.97 Å². The summed E-state index contributed by atoms with van der Waals surface area (Å²) in [5, 5.41) is 0. The summed E-state index contributed by atoms with van der Waals surface area (Å²) in [7, 11) is 0. The Balaban J connectivity index is 2.39. The number of rotatable bonds is 6. The fourth-order valence-electron chi connectivity index (χ4n) is 1.61. The molecule has 0 fully saturated rings. The SMILES string of the molecule is CCCCOC(=O)CCc1cccc(N)c1C. The molecule has 0 aliphatic heterocycles. The lowest BCUT2D eigenvalue weighted by Crippen LogP contribution is -2.07. The van der Waals surface area contributed by atoms with E-state index in [1.807, 2.05) is 25.1 Å². The van der Waals surface area contributed by atoms with E-state index in [0.29, 0.717) is 19.4 Å². The molecule has 0 heterocycles. The average Bonchev–Trinajstić information content (AvgIpc) is 2.31. The van der Waals surface area contributed by atoms with Crippen molar-refractivity contribution < 1.29 is 9.53 Å². The van der Waals surface area contributed by atoms with E-state index < -0.39 is 0 Å². The number of hydrogen-bond donors (Lipinski definition) is 1. The first-order valence-electron chi connectivity index (χ1n) is 6.14. The first-order chi connectivity index (χ1) is 8.15.